The van der Waals surface area contributed by atoms with Gasteiger partial charge in [0, 0.05) is 18.9 Å². The van der Waals surface area contributed by atoms with Crippen molar-refractivity contribution < 1.29 is 29.3 Å². The molecule has 6 heteroatoms. The molecule has 0 spiro atoms. The summed E-state index contributed by atoms with van der Waals surface area (Å²) in [6.45, 7) is 4.16. The predicted molar refractivity (Wildman–Crippen MR) is 192 cm³/mol. The molecule has 0 radical (unpaired) electrons. The first-order valence-electron chi connectivity index (χ1n) is 19.9. The van der Waals surface area contributed by atoms with Crippen LogP contribution in [0, 0.1) is 0 Å². The van der Waals surface area contributed by atoms with Crippen molar-refractivity contribution in [3.8, 4) is 0 Å². The molecule has 0 aliphatic carbocycles. The lowest BCUT2D eigenvalue weighted by Gasteiger charge is -2.24. The largest absolute Gasteiger partial charge is 0.395 e. The number of rotatable bonds is 36. The Bertz CT molecular complexity index is 643. The van der Waals surface area contributed by atoms with Crippen LogP contribution in [0.15, 0.2) is 12.2 Å². The maximum Gasteiger partial charge on any atom is 0.395 e. The molecule has 0 amide bonds. The van der Waals surface area contributed by atoms with Gasteiger partial charge in [0.1, 0.15) is 0 Å². The van der Waals surface area contributed by atoms with Gasteiger partial charge in [-0.25, -0.2) is 0 Å². The zero-order chi connectivity index (χ0) is 33.8. The summed E-state index contributed by atoms with van der Waals surface area (Å²) >= 11 is 0. The van der Waals surface area contributed by atoms with Crippen molar-refractivity contribution in [2.45, 2.75) is 225 Å². The van der Waals surface area contributed by atoms with Crippen LogP contribution in [-0.4, -0.2) is 34.7 Å². The summed E-state index contributed by atoms with van der Waals surface area (Å²) in [7, 11) is 0. The van der Waals surface area contributed by atoms with E-state index in [1.54, 1.807) is 0 Å². The summed E-state index contributed by atoms with van der Waals surface area (Å²) in [5.41, 5.74) is 0. The maximum absolute atomic E-state index is 12.4. The Morgan fingerprint density at radius 2 is 0.696 bits per heavy atom. The van der Waals surface area contributed by atoms with E-state index in [4.69, 9.17) is 14.6 Å². The summed E-state index contributed by atoms with van der Waals surface area (Å²) in [6.07, 6.45) is 39.8. The molecule has 46 heavy (non-hydrogen) atoms. The minimum atomic E-state index is -2.47. The molecule has 0 unspecified atom stereocenters. The van der Waals surface area contributed by atoms with Gasteiger partial charge < -0.3 is 19.7 Å². The fourth-order valence-electron chi connectivity index (χ4n) is 6.00. The van der Waals surface area contributed by atoms with E-state index in [1.807, 2.05) is 0 Å². The first-order valence-corrected chi connectivity index (χ1v) is 19.9. The second-order valence-corrected chi connectivity index (χ2v) is 13.6. The molecule has 0 saturated carbocycles. The lowest BCUT2D eigenvalue weighted by atomic mass is 10.0. The molecule has 0 atom stereocenters. The Labute approximate surface area is 284 Å². The number of aliphatic hydroxyl groups excluding tert-OH is 1. The minimum Gasteiger partial charge on any atom is -0.395 e. The number of carbonyl (C=O) groups excluding carboxylic acids is 2. The lowest BCUT2D eigenvalue weighted by Crippen LogP contribution is -2.38. The fraction of sp³-hybridized carbons (Fsp3) is 0.900. The Morgan fingerprint density at radius 3 is 0.935 bits per heavy atom. The van der Waals surface area contributed by atoms with Crippen LogP contribution in [0.5, 0.6) is 0 Å². The number of ether oxygens (including phenoxy) is 2. The number of aliphatic hydroxyl groups is 2. The van der Waals surface area contributed by atoms with Crippen molar-refractivity contribution in [3.05, 3.63) is 12.2 Å². The standard InChI is InChI=1S/C40H76O6/c1-3-5-7-9-11-13-15-17-19-21-23-25-27-29-31-34-38(42)45-40(44,36-33-37-41)46-39(43)35-32-30-28-26-24-22-20-18-16-14-12-10-8-6-4-2/h33,36,41,44H,3-32,34-35,37H2,1-2H3/b36-33+. The number of hydrogen-bond donors (Lipinski definition) is 2. The smallest absolute Gasteiger partial charge is 0.395 e. The van der Waals surface area contributed by atoms with E-state index in [2.05, 4.69) is 13.8 Å². The predicted octanol–water partition coefficient (Wildman–Crippen LogP) is 11.8. The van der Waals surface area contributed by atoms with Gasteiger partial charge in [0.25, 0.3) is 0 Å². The van der Waals surface area contributed by atoms with E-state index in [9.17, 15) is 14.7 Å². The molecule has 0 saturated heterocycles. The van der Waals surface area contributed by atoms with Gasteiger partial charge in [0.15, 0.2) is 0 Å². The lowest BCUT2D eigenvalue weighted by molar-refractivity contribution is -0.296. The van der Waals surface area contributed by atoms with Crippen LogP contribution in [0.25, 0.3) is 0 Å². The molecular formula is C40H76O6. The molecule has 0 rings (SSSR count). The highest BCUT2D eigenvalue weighted by Crippen LogP contribution is 2.19. The zero-order valence-electron chi connectivity index (χ0n) is 30.5. The van der Waals surface area contributed by atoms with E-state index in [0.29, 0.717) is 12.8 Å². The third-order valence-electron chi connectivity index (χ3n) is 8.92. The van der Waals surface area contributed by atoms with Crippen LogP contribution < -0.4 is 0 Å². The van der Waals surface area contributed by atoms with Crippen molar-refractivity contribution in [3.63, 3.8) is 0 Å². The van der Waals surface area contributed by atoms with Crippen LogP contribution >= 0.6 is 0 Å². The molecule has 0 aliphatic rings. The summed E-state index contributed by atoms with van der Waals surface area (Å²) < 4.78 is 10.3. The van der Waals surface area contributed by atoms with Crippen molar-refractivity contribution in [1.82, 2.24) is 0 Å². The fourth-order valence-corrected chi connectivity index (χ4v) is 6.00. The molecule has 0 heterocycles. The average Bonchev–Trinajstić information content (AvgIpc) is 3.03. The molecule has 272 valence electrons. The van der Waals surface area contributed by atoms with Gasteiger partial charge in [-0.1, -0.05) is 200 Å². The highest BCUT2D eigenvalue weighted by atomic mass is 16.8. The Kier molecular flexibility index (Phi) is 33.9. The third-order valence-corrected chi connectivity index (χ3v) is 8.92. The van der Waals surface area contributed by atoms with Crippen LogP contribution in [0.3, 0.4) is 0 Å². The highest BCUT2D eigenvalue weighted by Gasteiger charge is 2.33. The monoisotopic (exact) mass is 653 g/mol. The SMILES string of the molecule is CCCCCCCCCCCCCCCCCC(=O)OC(O)(/C=C/CO)OC(=O)CCCCCCCCCCCCCCCCC. The van der Waals surface area contributed by atoms with Gasteiger partial charge >= 0.3 is 17.9 Å². The molecular weight excluding hydrogens is 576 g/mol. The topological polar surface area (TPSA) is 93.1 Å². The van der Waals surface area contributed by atoms with Crippen LogP contribution in [0.4, 0.5) is 0 Å². The van der Waals surface area contributed by atoms with E-state index < -0.39 is 17.9 Å². The van der Waals surface area contributed by atoms with E-state index in [1.165, 1.54) is 160 Å². The van der Waals surface area contributed by atoms with E-state index >= 15 is 0 Å². The van der Waals surface area contributed by atoms with Crippen molar-refractivity contribution in [2.24, 2.45) is 0 Å². The number of carbonyl (C=O) groups is 2. The van der Waals surface area contributed by atoms with E-state index in [-0.39, 0.29) is 19.4 Å². The first-order chi connectivity index (χ1) is 22.5. The summed E-state index contributed by atoms with van der Waals surface area (Å²) in [5.74, 6) is -3.69. The van der Waals surface area contributed by atoms with Crippen molar-refractivity contribution in [1.29, 1.82) is 0 Å². The highest BCUT2D eigenvalue weighted by molar-refractivity contribution is 5.72. The Morgan fingerprint density at radius 1 is 0.457 bits per heavy atom. The van der Waals surface area contributed by atoms with Crippen LogP contribution in [-0.2, 0) is 19.1 Å². The molecule has 0 aromatic heterocycles. The minimum absolute atomic E-state index is 0.157. The third kappa shape index (κ3) is 32.5. The molecule has 2 N–H and O–H groups in total. The van der Waals surface area contributed by atoms with Gasteiger partial charge in [-0.2, -0.15) is 0 Å². The Balaban J connectivity index is 3.86. The van der Waals surface area contributed by atoms with Gasteiger partial charge in [0.05, 0.1) is 6.61 Å². The van der Waals surface area contributed by atoms with Crippen LogP contribution in [0.2, 0.25) is 0 Å². The normalized spacial score (nSPS) is 11.8. The summed E-state index contributed by atoms with van der Waals surface area (Å²) in [5, 5.41) is 19.8. The molecule has 0 fully saturated rings. The number of unbranched alkanes of at least 4 members (excludes halogenated alkanes) is 28. The van der Waals surface area contributed by atoms with Crippen molar-refractivity contribution >= 4 is 11.9 Å². The van der Waals surface area contributed by atoms with Gasteiger partial charge in [-0.3, -0.25) is 9.59 Å². The average molecular weight is 653 g/mol. The summed E-state index contributed by atoms with van der Waals surface area (Å²) in [4.78, 5) is 24.7. The maximum atomic E-state index is 12.4. The molecule has 0 bridgehead atoms. The van der Waals surface area contributed by atoms with E-state index in [0.717, 1.165) is 31.8 Å². The van der Waals surface area contributed by atoms with Crippen molar-refractivity contribution in [2.75, 3.05) is 6.61 Å². The molecule has 0 aliphatic heterocycles. The quantitative estimate of drug-likeness (QED) is 0.0303. The number of hydrogen-bond acceptors (Lipinski definition) is 6. The molecule has 0 aromatic rings. The van der Waals surface area contributed by atoms with Crippen LogP contribution in [0.1, 0.15) is 219 Å². The number of esters is 2. The summed E-state index contributed by atoms with van der Waals surface area (Å²) in [6, 6.07) is 0. The molecule has 6 nitrogen and oxygen atoms in total. The Hall–Kier alpha value is -1.40. The van der Waals surface area contributed by atoms with Gasteiger partial charge in [-0.05, 0) is 12.8 Å². The second kappa shape index (κ2) is 34.9. The van der Waals surface area contributed by atoms with Gasteiger partial charge in [-0.15, -0.1) is 0 Å². The zero-order valence-corrected chi connectivity index (χ0v) is 30.5. The van der Waals surface area contributed by atoms with Gasteiger partial charge in [0.2, 0.25) is 0 Å². The first kappa shape index (κ1) is 44.6. The molecule has 0 aromatic carbocycles. The second-order valence-electron chi connectivity index (χ2n) is 13.6.